The van der Waals surface area contributed by atoms with Gasteiger partial charge in [-0.1, -0.05) is 12.8 Å². The fraction of sp³-hybridized carbons (Fsp3) is 0.909. The molecule has 0 aromatic rings. The Morgan fingerprint density at radius 3 is 2.61 bits per heavy atom. The van der Waals surface area contributed by atoms with E-state index in [9.17, 15) is 13.2 Å². The molecule has 0 aromatic heterocycles. The zero-order chi connectivity index (χ0) is 13.8. The molecule has 2 unspecified atom stereocenters. The molecule has 106 valence electrons. The summed E-state index contributed by atoms with van der Waals surface area (Å²) in [5, 5.41) is -0.701. The molecule has 0 spiro atoms. The first-order chi connectivity index (χ1) is 8.42. The number of ether oxygens (including phenoxy) is 1. The van der Waals surface area contributed by atoms with Gasteiger partial charge in [-0.3, -0.25) is 4.79 Å². The third-order valence-electron chi connectivity index (χ3n) is 3.32. The minimum Gasteiger partial charge on any atom is -0.469 e. The number of nitrogens with two attached hydrogens (primary N) is 1. The molecule has 3 N–H and O–H groups in total. The Morgan fingerprint density at radius 1 is 1.44 bits per heavy atom. The molecule has 6 nitrogen and oxygen atoms in total. The van der Waals surface area contributed by atoms with Crippen molar-refractivity contribution in [3.63, 3.8) is 0 Å². The smallest absolute Gasteiger partial charge is 0.310 e. The molecular weight excluding hydrogens is 256 g/mol. The van der Waals surface area contributed by atoms with Gasteiger partial charge in [0.1, 0.15) is 0 Å². The highest BCUT2D eigenvalue weighted by atomic mass is 32.2. The van der Waals surface area contributed by atoms with Crippen molar-refractivity contribution in [2.45, 2.75) is 43.9 Å². The second-order valence-electron chi connectivity index (χ2n) is 4.75. The van der Waals surface area contributed by atoms with E-state index in [-0.39, 0.29) is 12.6 Å². The summed E-state index contributed by atoms with van der Waals surface area (Å²) in [6.45, 7) is 1.93. The van der Waals surface area contributed by atoms with E-state index in [0.29, 0.717) is 12.8 Å². The Bertz CT molecular complexity index is 383. The SMILES string of the molecule is COC(=O)C1CCCCC1S(=O)(=O)N[C@H](C)CN. The van der Waals surface area contributed by atoms with Crippen LogP contribution in [0.4, 0.5) is 0 Å². The minimum absolute atomic E-state index is 0.231. The van der Waals surface area contributed by atoms with Crippen LogP contribution in [0.15, 0.2) is 0 Å². The third kappa shape index (κ3) is 3.66. The second-order valence-corrected chi connectivity index (χ2v) is 6.68. The van der Waals surface area contributed by atoms with Crippen LogP contribution in [-0.4, -0.2) is 39.3 Å². The molecule has 0 aromatic carbocycles. The van der Waals surface area contributed by atoms with Crippen LogP contribution in [0.1, 0.15) is 32.6 Å². The van der Waals surface area contributed by atoms with Gasteiger partial charge in [0.05, 0.1) is 18.3 Å². The van der Waals surface area contributed by atoms with Crippen LogP contribution in [0.25, 0.3) is 0 Å². The lowest BCUT2D eigenvalue weighted by atomic mass is 9.89. The number of hydrogen-bond donors (Lipinski definition) is 2. The molecule has 18 heavy (non-hydrogen) atoms. The highest BCUT2D eigenvalue weighted by Crippen LogP contribution is 2.30. The van der Waals surface area contributed by atoms with E-state index in [1.54, 1.807) is 6.92 Å². The Morgan fingerprint density at radius 2 is 2.06 bits per heavy atom. The number of sulfonamides is 1. The number of methoxy groups -OCH3 is 1. The molecule has 0 amide bonds. The van der Waals surface area contributed by atoms with Crippen molar-refractivity contribution in [2.24, 2.45) is 11.7 Å². The van der Waals surface area contributed by atoms with Crippen molar-refractivity contribution < 1.29 is 17.9 Å². The van der Waals surface area contributed by atoms with Gasteiger partial charge in [-0.15, -0.1) is 0 Å². The monoisotopic (exact) mass is 278 g/mol. The fourth-order valence-corrected chi connectivity index (χ4v) is 4.29. The lowest BCUT2D eigenvalue weighted by molar-refractivity contribution is -0.146. The van der Waals surface area contributed by atoms with Crippen molar-refractivity contribution in [3.8, 4) is 0 Å². The quantitative estimate of drug-likeness (QED) is 0.689. The number of carbonyl (C=O) groups excluding carboxylic acids is 1. The van der Waals surface area contributed by atoms with Crippen LogP contribution < -0.4 is 10.5 Å². The van der Waals surface area contributed by atoms with Crippen molar-refractivity contribution in [3.05, 3.63) is 0 Å². The van der Waals surface area contributed by atoms with E-state index in [2.05, 4.69) is 4.72 Å². The van der Waals surface area contributed by atoms with Crippen molar-refractivity contribution >= 4 is 16.0 Å². The standard InChI is InChI=1S/C11H22N2O4S/c1-8(7-12)13-18(15,16)10-6-4-3-5-9(10)11(14)17-2/h8-10,13H,3-7,12H2,1-2H3/t8-,9?,10?/m1/s1. The molecule has 1 saturated carbocycles. The molecule has 7 heteroatoms. The van der Waals surface area contributed by atoms with Gasteiger partial charge in [0, 0.05) is 12.6 Å². The molecule has 0 heterocycles. The molecule has 1 rings (SSSR count). The molecule has 1 aliphatic rings. The zero-order valence-corrected chi connectivity index (χ0v) is 11.7. The fourth-order valence-electron chi connectivity index (χ4n) is 2.31. The van der Waals surface area contributed by atoms with E-state index < -0.39 is 27.2 Å². The molecule has 0 aliphatic heterocycles. The summed E-state index contributed by atoms with van der Waals surface area (Å²) in [4.78, 5) is 11.6. The van der Waals surface area contributed by atoms with Crippen LogP contribution in [0.2, 0.25) is 0 Å². The summed E-state index contributed by atoms with van der Waals surface area (Å²) >= 11 is 0. The van der Waals surface area contributed by atoms with Crippen LogP contribution in [0.3, 0.4) is 0 Å². The number of rotatable bonds is 5. The Kier molecular flexibility index (Phi) is 5.55. The van der Waals surface area contributed by atoms with E-state index in [1.165, 1.54) is 7.11 Å². The average molecular weight is 278 g/mol. The van der Waals surface area contributed by atoms with Gasteiger partial charge in [0.2, 0.25) is 10.0 Å². The summed E-state index contributed by atoms with van der Waals surface area (Å²) in [5.41, 5.74) is 5.41. The van der Waals surface area contributed by atoms with Gasteiger partial charge < -0.3 is 10.5 Å². The summed E-state index contributed by atoms with van der Waals surface area (Å²) in [7, 11) is -2.24. The maximum atomic E-state index is 12.2. The number of hydrogen-bond acceptors (Lipinski definition) is 5. The summed E-state index contributed by atoms with van der Waals surface area (Å²) in [6, 6.07) is -0.324. The number of esters is 1. The molecule has 0 bridgehead atoms. The lowest BCUT2D eigenvalue weighted by Gasteiger charge is -2.30. The number of carbonyl (C=O) groups is 1. The maximum Gasteiger partial charge on any atom is 0.310 e. The van der Waals surface area contributed by atoms with E-state index in [0.717, 1.165) is 12.8 Å². The summed E-state index contributed by atoms with van der Waals surface area (Å²) < 4.78 is 31.6. The molecule has 0 saturated heterocycles. The Balaban J connectivity index is 2.85. The maximum absolute atomic E-state index is 12.2. The average Bonchev–Trinajstić information content (AvgIpc) is 2.37. The normalized spacial score (nSPS) is 26.6. The molecule has 1 fully saturated rings. The van der Waals surface area contributed by atoms with Gasteiger partial charge in [0.15, 0.2) is 0 Å². The predicted octanol–water partition coefficient (Wildman–Crippen LogP) is -0.0152. The topological polar surface area (TPSA) is 98.5 Å². The van der Waals surface area contributed by atoms with Gasteiger partial charge >= 0.3 is 5.97 Å². The Hall–Kier alpha value is -0.660. The molecule has 3 atom stereocenters. The first kappa shape index (κ1) is 15.4. The van der Waals surface area contributed by atoms with Crippen LogP contribution in [0, 0.1) is 5.92 Å². The minimum atomic E-state index is -3.53. The van der Waals surface area contributed by atoms with E-state index in [4.69, 9.17) is 10.5 Å². The lowest BCUT2D eigenvalue weighted by Crippen LogP contribution is -2.48. The largest absolute Gasteiger partial charge is 0.469 e. The van der Waals surface area contributed by atoms with Gasteiger partial charge in [0.25, 0.3) is 0 Å². The summed E-state index contributed by atoms with van der Waals surface area (Å²) in [5.74, 6) is -1.00. The molecule has 1 aliphatic carbocycles. The van der Waals surface area contributed by atoms with Crippen LogP contribution >= 0.6 is 0 Å². The zero-order valence-electron chi connectivity index (χ0n) is 10.9. The predicted molar refractivity (Wildman–Crippen MR) is 68.3 cm³/mol. The van der Waals surface area contributed by atoms with Gasteiger partial charge in [-0.05, 0) is 19.8 Å². The van der Waals surface area contributed by atoms with Crippen LogP contribution in [-0.2, 0) is 19.6 Å². The first-order valence-electron chi connectivity index (χ1n) is 6.21. The third-order valence-corrected chi connectivity index (χ3v) is 5.42. The number of nitrogens with one attached hydrogen (secondary N) is 1. The second kappa shape index (κ2) is 6.49. The van der Waals surface area contributed by atoms with Crippen molar-refractivity contribution in [2.75, 3.05) is 13.7 Å². The van der Waals surface area contributed by atoms with E-state index in [1.807, 2.05) is 0 Å². The Labute approximate surface area is 108 Å². The van der Waals surface area contributed by atoms with E-state index >= 15 is 0 Å². The molecular formula is C11H22N2O4S. The first-order valence-corrected chi connectivity index (χ1v) is 7.76. The van der Waals surface area contributed by atoms with Gasteiger partial charge in [-0.25, -0.2) is 13.1 Å². The van der Waals surface area contributed by atoms with Crippen molar-refractivity contribution in [1.29, 1.82) is 0 Å². The van der Waals surface area contributed by atoms with Gasteiger partial charge in [-0.2, -0.15) is 0 Å². The van der Waals surface area contributed by atoms with Crippen LogP contribution in [0.5, 0.6) is 0 Å². The highest BCUT2D eigenvalue weighted by Gasteiger charge is 2.40. The molecule has 0 radical (unpaired) electrons. The summed E-state index contributed by atoms with van der Waals surface area (Å²) in [6.07, 6.45) is 2.73. The van der Waals surface area contributed by atoms with Crippen molar-refractivity contribution in [1.82, 2.24) is 4.72 Å². The highest BCUT2D eigenvalue weighted by molar-refractivity contribution is 7.90.